The number of benzene rings is 2. The van der Waals surface area contributed by atoms with Crippen LogP contribution in [0.5, 0.6) is 0 Å². The molecule has 0 aromatic heterocycles. The van der Waals surface area contributed by atoms with Crippen molar-refractivity contribution in [1.29, 1.82) is 0 Å². The first-order valence-corrected chi connectivity index (χ1v) is 7.68. The van der Waals surface area contributed by atoms with Crippen molar-refractivity contribution in [2.75, 3.05) is 13.2 Å². The maximum absolute atomic E-state index is 12.2. The van der Waals surface area contributed by atoms with Crippen molar-refractivity contribution in [3.05, 3.63) is 48.0 Å². The number of carbonyl (C=O) groups is 3. The van der Waals surface area contributed by atoms with E-state index >= 15 is 0 Å². The lowest BCUT2D eigenvalue weighted by atomic mass is 10.1. The van der Waals surface area contributed by atoms with Crippen LogP contribution in [0, 0.1) is 0 Å². The molecule has 126 valence electrons. The molecule has 0 aliphatic heterocycles. The third kappa shape index (κ3) is 4.81. The number of fused-ring (bicyclic) bond motifs is 1. The highest BCUT2D eigenvalue weighted by molar-refractivity contribution is 6.04. The van der Waals surface area contributed by atoms with Gasteiger partial charge in [-0.2, -0.15) is 0 Å². The van der Waals surface area contributed by atoms with E-state index in [1.165, 1.54) is 0 Å². The molecule has 0 aliphatic rings. The summed E-state index contributed by atoms with van der Waals surface area (Å²) in [5.41, 5.74) is 0.401. The fraction of sp³-hybridized carbons (Fsp3) is 0.278. The Hall–Kier alpha value is -2.89. The molecular weight excluding hydrogens is 308 g/mol. The molecule has 0 fully saturated rings. The van der Waals surface area contributed by atoms with E-state index in [2.05, 4.69) is 10.6 Å². The standard InChI is InChI=1S/C18H20N2O4/c1-12(2)20-16(21)10-19-17(22)11-24-18(23)15-9-5-7-13-6-3-4-8-14(13)15/h3-9,12H,10-11H2,1-2H3,(H,19,22)(H,20,21). The Morgan fingerprint density at radius 3 is 2.46 bits per heavy atom. The number of amides is 2. The summed E-state index contributed by atoms with van der Waals surface area (Å²) in [7, 11) is 0. The molecule has 6 nitrogen and oxygen atoms in total. The van der Waals surface area contributed by atoms with Gasteiger partial charge in [0.25, 0.3) is 5.91 Å². The Labute approximate surface area is 140 Å². The van der Waals surface area contributed by atoms with Gasteiger partial charge in [-0.05, 0) is 30.7 Å². The zero-order chi connectivity index (χ0) is 17.5. The first-order valence-electron chi connectivity index (χ1n) is 7.68. The van der Waals surface area contributed by atoms with Gasteiger partial charge in [0.15, 0.2) is 6.61 Å². The summed E-state index contributed by atoms with van der Waals surface area (Å²) in [5, 5.41) is 6.73. The number of esters is 1. The van der Waals surface area contributed by atoms with E-state index in [0.717, 1.165) is 10.8 Å². The molecule has 2 amide bonds. The summed E-state index contributed by atoms with van der Waals surface area (Å²) in [6.07, 6.45) is 0. The predicted molar refractivity (Wildman–Crippen MR) is 90.5 cm³/mol. The van der Waals surface area contributed by atoms with Gasteiger partial charge < -0.3 is 15.4 Å². The van der Waals surface area contributed by atoms with Crippen LogP contribution in [-0.2, 0) is 14.3 Å². The predicted octanol–water partition coefficient (Wildman–Crippen LogP) is 1.64. The minimum atomic E-state index is -0.575. The quantitative estimate of drug-likeness (QED) is 0.790. The Kier molecular flexibility index (Phi) is 5.89. The van der Waals surface area contributed by atoms with Gasteiger partial charge >= 0.3 is 5.97 Å². The number of hydrogen-bond acceptors (Lipinski definition) is 4. The molecule has 0 heterocycles. The summed E-state index contributed by atoms with van der Waals surface area (Å²) < 4.78 is 5.03. The molecule has 0 saturated heterocycles. The second-order valence-corrected chi connectivity index (χ2v) is 5.60. The maximum atomic E-state index is 12.2. The molecule has 0 atom stereocenters. The lowest BCUT2D eigenvalue weighted by Crippen LogP contribution is -2.41. The third-order valence-corrected chi connectivity index (χ3v) is 3.24. The topological polar surface area (TPSA) is 84.5 Å². The Morgan fingerprint density at radius 2 is 1.71 bits per heavy atom. The first kappa shape index (κ1) is 17.5. The summed E-state index contributed by atoms with van der Waals surface area (Å²) >= 11 is 0. The van der Waals surface area contributed by atoms with Crippen LogP contribution in [0.3, 0.4) is 0 Å². The lowest BCUT2D eigenvalue weighted by Gasteiger charge is -2.10. The van der Waals surface area contributed by atoms with Crippen molar-refractivity contribution in [1.82, 2.24) is 10.6 Å². The van der Waals surface area contributed by atoms with E-state index in [0.29, 0.717) is 5.56 Å². The van der Waals surface area contributed by atoms with Crippen molar-refractivity contribution in [2.45, 2.75) is 19.9 Å². The fourth-order valence-corrected chi connectivity index (χ4v) is 2.22. The van der Waals surface area contributed by atoms with Crippen molar-refractivity contribution in [3.8, 4) is 0 Å². The molecule has 0 aliphatic carbocycles. The minimum Gasteiger partial charge on any atom is -0.452 e. The monoisotopic (exact) mass is 328 g/mol. The third-order valence-electron chi connectivity index (χ3n) is 3.24. The number of rotatable bonds is 6. The van der Waals surface area contributed by atoms with E-state index in [4.69, 9.17) is 4.74 Å². The van der Waals surface area contributed by atoms with Gasteiger partial charge in [-0.3, -0.25) is 9.59 Å². The van der Waals surface area contributed by atoms with Crippen molar-refractivity contribution in [2.24, 2.45) is 0 Å². The Bertz CT molecular complexity index is 750. The summed E-state index contributed by atoms with van der Waals surface area (Å²) in [6.45, 7) is 3.07. The van der Waals surface area contributed by atoms with E-state index < -0.39 is 18.5 Å². The van der Waals surface area contributed by atoms with Gasteiger partial charge in [-0.25, -0.2) is 4.79 Å². The van der Waals surface area contributed by atoms with E-state index in [-0.39, 0.29) is 18.5 Å². The molecule has 0 spiro atoms. The lowest BCUT2D eigenvalue weighted by molar-refractivity contribution is -0.128. The molecule has 2 aromatic carbocycles. The van der Waals surface area contributed by atoms with Gasteiger partial charge in [0, 0.05) is 6.04 Å². The molecular formula is C18H20N2O4. The molecule has 2 rings (SSSR count). The van der Waals surface area contributed by atoms with Crippen LogP contribution in [0.25, 0.3) is 10.8 Å². The molecule has 0 unspecified atom stereocenters. The second-order valence-electron chi connectivity index (χ2n) is 5.60. The zero-order valence-electron chi connectivity index (χ0n) is 13.7. The molecule has 24 heavy (non-hydrogen) atoms. The summed E-state index contributed by atoms with van der Waals surface area (Å²) in [5.74, 6) is -1.39. The van der Waals surface area contributed by atoms with E-state index in [9.17, 15) is 14.4 Å². The highest BCUT2D eigenvalue weighted by Crippen LogP contribution is 2.19. The molecule has 6 heteroatoms. The highest BCUT2D eigenvalue weighted by Gasteiger charge is 2.13. The van der Waals surface area contributed by atoms with Gasteiger partial charge in [0.2, 0.25) is 5.91 Å². The van der Waals surface area contributed by atoms with Crippen LogP contribution < -0.4 is 10.6 Å². The summed E-state index contributed by atoms with van der Waals surface area (Å²) in [4.78, 5) is 35.3. The van der Waals surface area contributed by atoms with Gasteiger partial charge in [0.05, 0.1) is 12.1 Å². The number of hydrogen-bond donors (Lipinski definition) is 2. The average molecular weight is 328 g/mol. The van der Waals surface area contributed by atoms with Crippen LogP contribution in [0.4, 0.5) is 0 Å². The van der Waals surface area contributed by atoms with Crippen LogP contribution >= 0.6 is 0 Å². The normalized spacial score (nSPS) is 10.5. The van der Waals surface area contributed by atoms with Gasteiger partial charge in [0.1, 0.15) is 0 Å². The van der Waals surface area contributed by atoms with Crippen LogP contribution in [-0.4, -0.2) is 37.0 Å². The minimum absolute atomic E-state index is 0.00130. The average Bonchev–Trinajstić information content (AvgIpc) is 2.56. The van der Waals surface area contributed by atoms with Crippen molar-refractivity contribution < 1.29 is 19.1 Å². The Morgan fingerprint density at radius 1 is 1.00 bits per heavy atom. The Balaban J connectivity index is 1.88. The largest absolute Gasteiger partial charge is 0.452 e. The van der Waals surface area contributed by atoms with Crippen LogP contribution in [0.1, 0.15) is 24.2 Å². The molecule has 0 bridgehead atoms. The molecule has 0 saturated carbocycles. The first-order chi connectivity index (χ1) is 11.5. The molecule has 2 aromatic rings. The van der Waals surface area contributed by atoms with E-state index in [1.54, 1.807) is 12.1 Å². The van der Waals surface area contributed by atoms with Crippen molar-refractivity contribution in [3.63, 3.8) is 0 Å². The maximum Gasteiger partial charge on any atom is 0.339 e. The van der Waals surface area contributed by atoms with Crippen LogP contribution in [0.2, 0.25) is 0 Å². The number of ether oxygens (including phenoxy) is 1. The highest BCUT2D eigenvalue weighted by atomic mass is 16.5. The number of carbonyl (C=O) groups excluding carboxylic acids is 3. The summed E-state index contributed by atoms with van der Waals surface area (Å²) in [6, 6.07) is 12.7. The SMILES string of the molecule is CC(C)NC(=O)CNC(=O)COC(=O)c1cccc2ccccc12. The second kappa shape index (κ2) is 8.10. The van der Waals surface area contributed by atoms with E-state index in [1.807, 2.05) is 44.2 Å². The molecule has 2 N–H and O–H groups in total. The van der Waals surface area contributed by atoms with Crippen molar-refractivity contribution >= 4 is 28.6 Å². The fourth-order valence-electron chi connectivity index (χ4n) is 2.22. The molecule has 0 radical (unpaired) electrons. The smallest absolute Gasteiger partial charge is 0.339 e. The van der Waals surface area contributed by atoms with Gasteiger partial charge in [-0.1, -0.05) is 36.4 Å². The van der Waals surface area contributed by atoms with Gasteiger partial charge in [-0.15, -0.1) is 0 Å². The zero-order valence-corrected chi connectivity index (χ0v) is 13.7. The van der Waals surface area contributed by atoms with Crippen LogP contribution in [0.15, 0.2) is 42.5 Å². The number of nitrogens with one attached hydrogen (secondary N) is 2.